The van der Waals surface area contributed by atoms with E-state index in [1.807, 2.05) is 30.3 Å². The maximum atomic E-state index is 12.6. The summed E-state index contributed by atoms with van der Waals surface area (Å²) in [7, 11) is -3.43. The first kappa shape index (κ1) is 14.5. The second-order valence-corrected chi connectivity index (χ2v) is 7.71. The van der Waals surface area contributed by atoms with Crippen LogP contribution in [0.1, 0.15) is 32.6 Å². The summed E-state index contributed by atoms with van der Waals surface area (Å²) in [5.41, 5.74) is 0. The number of rotatable bonds is 3. The van der Waals surface area contributed by atoms with Gasteiger partial charge >= 0.3 is 0 Å². The highest BCUT2D eigenvalue weighted by Gasteiger charge is 2.26. The maximum absolute atomic E-state index is 12.6. The molecule has 2 aromatic rings. The van der Waals surface area contributed by atoms with Crippen LogP contribution in [0.2, 0.25) is 0 Å². The van der Waals surface area contributed by atoms with Gasteiger partial charge in [-0.1, -0.05) is 50.1 Å². The number of sulfonamides is 1. The van der Waals surface area contributed by atoms with Crippen LogP contribution in [0.25, 0.3) is 10.8 Å². The van der Waals surface area contributed by atoms with Gasteiger partial charge in [0.15, 0.2) is 0 Å². The molecule has 0 bridgehead atoms. The fourth-order valence-electron chi connectivity index (χ4n) is 3.09. The van der Waals surface area contributed by atoms with Gasteiger partial charge in [-0.2, -0.15) is 0 Å². The van der Waals surface area contributed by atoms with Crippen LogP contribution in [0.3, 0.4) is 0 Å². The zero-order valence-corrected chi connectivity index (χ0v) is 13.1. The summed E-state index contributed by atoms with van der Waals surface area (Å²) in [6, 6.07) is 13.2. The second-order valence-electron chi connectivity index (χ2n) is 6.00. The highest BCUT2D eigenvalue weighted by atomic mass is 32.2. The summed E-state index contributed by atoms with van der Waals surface area (Å²) >= 11 is 0. The van der Waals surface area contributed by atoms with E-state index in [2.05, 4.69) is 11.6 Å². The van der Waals surface area contributed by atoms with Gasteiger partial charge < -0.3 is 0 Å². The molecule has 3 rings (SSSR count). The molecule has 0 aromatic heterocycles. The second kappa shape index (κ2) is 5.78. The molecule has 2 atom stereocenters. The lowest BCUT2D eigenvalue weighted by molar-refractivity contribution is 0.310. The summed E-state index contributed by atoms with van der Waals surface area (Å²) in [6.07, 6.45) is 4.35. The van der Waals surface area contributed by atoms with E-state index in [1.54, 1.807) is 12.1 Å². The van der Waals surface area contributed by atoms with Crippen molar-refractivity contribution < 1.29 is 8.42 Å². The van der Waals surface area contributed by atoms with Crippen LogP contribution in [0.4, 0.5) is 0 Å². The monoisotopic (exact) mass is 303 g/mol. The van der Waals surface area contributed by atoms with E-state index in [1.165, 1.54) is 6.42 Å². The quantitative estimate of drug-likeness (QED) is 0.940. The Labute approximate surface area is 126 Å². The average molecular weight is 303 g/mol. The minimum Gasteiger partial charge on any atom is -0.208 e. The number of benzene rings is 2. The Balaban J connectivity index is 1.88. The van der Waals surface area contributed by atoms with Crippen molar-refractivity contribution in [2.24, 2.45) is 5.92 Å². The number of hydrogen-bond acceptors (Lipinski definition) is 2. The SMILES string of the molecule is CC1CCCCC1NS(=O)(=O)c1ccc2ccccc2c1. The van der Waals surface area contributed by atoms with Gasteiger partial charge in [-0.3, -0.25) is 0 Å². The molecule has 1 N–H and O–H groups in total. The van der Waals surface area contributed by atoms with Crippen LogP contribution in [0.5, 0.6) is 0 Å². The first-order chi connectivity index (χ1) is 10.1. The van der Waals surface area contributed by atoms with Crippen LogP contribution in [0.15, 0.2) is 47.4 Å². The molecule has 112 valence electrons. The topological polar surface area (TPSA) is 46.2 Å². The molecule has 0 aliphatic heterocycles. The van der Waals surface area contributed by atoms with Crippen molar-refractivity contribution in [3.63, 3.8) is 0 Å². The van der Waals surface area contributed by atoms with Gasteiger partial charge in [0.2, 0.25) is 10.0 Å². The van der Waals surface area contributed by atoms with E-state index in [-0.39, 0.29) is 6.04 Å². The lowest BCUT2D eigenvalue weighted by Gasteiger charge is -2.29. The Hall–Kier alpha value is -1.39. The molecule has 0 amide bonds. The normalized spacial score (nSPS) is 23.3. The summed E-state index contributed by atoms with van der Waals surface area (Å²) < 4.78 is 28.1. The van der Waals surface area contributed by atoms with Gasteiger partial charge in [0.1, 0.15) is 0 Å². The molecule has 21 heavy (non-hydrogen) atoms. The minimum absolute atomic E-state index is 0.0650. The number of nitrogens with one attached hydrogen (secondary N) is 1. The molecule has 1 saturated carbocycles. The zero-order valence-electron chi connectivity index (χ0n) is 12.2. The lowest BCUT2D eigenvalue weighted by atomic mass is 9.87. The Kier molecular flexibility index (Phi) is 4.00. The van der Waals surface area contributed by atoms with E-state index in [9.17, 15) is 8.42 Å². The molecule has 3 nitrogen and oxygen atoms in total. The first-order valence-electron chi connectivity index (χ1n) is 7.57. The Bertz CT molecular complexity index is 739. The summed E-state index contributed by atoms with van der Waals surface area (Å²) in [4.78, 5) is 0.360. The van der Waals surface area contributed by atoms with Gasteiger partial charge in [-0.25, -0.2) is 13.1 Å². The van der Waals surface area contributed by atoms with Gasteiger partial charge in [0.05, 0.1) is 4.90 Å². The highest BCUT2D eigenvalue weighted by Crippen LogP contribution is 2.26. The largest absolute Gasteiger partial charge is 0.240 e. The van der Waals surface area contributed by atoms with Crippen LogP contribution in [-0.4, -0.2) is 14.5 Å². The maximum Gasteiger partial charge on any atom is 0.240 e. The molecule has 4 heteroatoms. The lowest BCUT2D eigenvalue weighted by Crippen LogP contribution is -2.40. The summed E-state index contributed by atoms with van der Waals surface area (Å²) in [5.74, 6) is 0.411. The van der Waals surface area contributed by atoms with Crippen molar-refractivity contribution in [2.45, 2.75) is 43.5 Å². The van der Waals surface area contributed by atoms with E-state index in [0.29, 0.717) is 10.8 Å². The minimum atomic E-state index is -3.43. The van der Waals surface area contributed by atoms with E-state index < -0.39 is 10.0 Å². The molecular weight excluding hydrogens is 282 g/mol. The summed E-state index contributed by atoms with van der Waals surface area (Å²) in [6.45, 7) is 2.13. The fourth-order valence-corrected chi connectivity index (χ4v) is 4.51. The average Bonchev–Trinajstić information content (AvgIpc) is 2.49. The molecule has 2 unspecified atom stereocenters. The van der Waals surface area contributed by atoms with Crippen molar-refractivity contribution in [3.05, 3.63) is 42.5 Å². The molecule has 0 heterocycles. The van der Waals surface area contributed by atoms with Crippen LogP contribution in [0, 0.1) is 5.92 Å². The molecule has 1 fully saturated rings. The van der Waals surface area contributed by atoms with Crippen LogP contribution < -0.4 is 4.72 Å². The Morgan fingerprint density at radius 2 is 1.71 bits per heavy atom. The third-order valence-corrected chi connectivity index (χ3v) is 5.94. The van der Waals surface area contributed by atoms with Crippen molar-refractivity contribution in [1.29, 1.82) is 0 Å². The fraction of sp³-hybridized carbons (Fsp3) is 0.412. The Morgan fingerprint density at radius 3 is 2.48 bits per heavy atom. The van der Waals surface area contributed by atoms with Crippen molar-refractivity contribution in [3.8, 4) is 0 Å². The van der Waals surface area contributed by atoms with E-state index in [0.717, 1.165) is 30.0 Å². The van der Waals surface area contributed by atoms with Gasteiger partial charge in [0, 0.05) is 6.04 Å². The first-order valence-corrected chi connectivity index (χ1v) is 9.06. The predicted molar refractivity (Wildman–Crippen MR) is 85.7 cm³/mol. The number of hydrogen-bond donors (Lipinski definition) is 1. The molecular formula is C17H21NO2S. The highest BCUT2D eigenvalue weighted by molar-refractivity contribution is 7.89. The zero-order chi connectivity index (χ0) is 14.9. The smallest absolute Gasteiger partial charge is 0.208 e. The summed E-state index contributed by atoms with van der Waals surface area (Å²) in [5, 5.41) is 2.01. The van der Waals surface area contributed by atoms with E-state index >= 15 is 0 Å². The molecule has 0 radical (unpaired) electrons. The van der Waals surface area contributed by atoms with Gasteiger partial charge in [0.25, 0.3) is 0 Å². The Morgan fingerprint density at radius 1 is 1.00 bits per heavy atom. The van der Waals surface area contributed by atoms with Crippen molar-refractivity contribution in [2.75, 3.05) is 0 Å². The van der Waals surface area contributed by atoms with E-state index in [4.69, 9.17) is 0 Å². The molecule has 1 aliphatic rings. The molecule has 0 saturated heterocycles. The van der Waals surface area contributed by atoms with Gasteiger partial charge in [-0.05, 0) is 41.7 Å². The van der Waals surface area contributed by atoms with Crippen molar-refractivity contribution >= 4 is 20.8 Å². The van der Waals surface area contributed by atoms with Gasteiger partial charge in [-0.15, -0.1) is 0 Å². The number of fused-ring (bicyclic) bond motifs is 1. The van der Waals surface area contributed by atoms with Crippen molar-refractivity contribution in [1.82, 2.24) is 4.72 Å². The molecule has 2 aromatic carbocycles. The molecule has 0 spiro atoms. The predicted octanol–water partition coefficient (Wildman–Crippen LogP) is 3.70. The van der Waals surface area contributed by atoms with Crippen LogP contribution in [-0.2, 0) is 10.0 Å². The standard InChI is InChI=1S/C17H21NO2S/c1-13-6-2-5-9-17(13)18-21(19,20)16-11-10-14-7-3-4-8-15(14)12-16/h3-4,7-8,10-13,17-18H,2,5-6,9H2,1H3. The third-order valence-electron chi connectivity index (χ3n) is 4.45. The third kappa shape index (κ3) is 3.11. The van der Waals surface area contributed by atoms with Crippen LogP contribution >= 0.6 is 0 Å². The molecule has 1 aliphatic carbocycles.